The van der Waals surface area contributed by atoms with Gasteiger partial charge in [-0.25, -0.2) is 0 Å². The first-order valence-electron chi connectivity index (χ1n) is 6.39. The van der Waals surface area contributed by atoms with Crippen LogP contribution in [0.1, 0.15) is 37.2 Å². The van der Waals surface area contributed by atoms with Gasteiger partial charge in [-0.05, 0) is 30.5 Å². The predicted octanol–water partition coefficient (Wildman–Crippen LogP) is 3.06. The molecule has 0 amide bonds. The van der Waals surface area contributed by atoms with Crippen molar-refractivity contribution >= 4 is 15.9 Å². The minimum Gasteiger partial charge on any atom is -0.396 e. The molecular formula is C14H20BrNO. The number of aliphatic hydroxyl groups excluding tert-OH is 1. The van der Waals surface area contributed by atoms with Crippen LogP contribution in [0.3, 0.4) is 0 Å². The van der Waals surface area contributed by atoms with Crippen LogP contribution in [-0.4, -0.2) is 24.3 Å². The number of hydrogen-bond acceptors (Lipinski definition) is 2. The number of nitrogens with one attached hydrogen (secondary N) is 1. The van der Waals surface area contributed by atoms with E-state index in [2.05, 4.69) is 33.4 Å². The van der Waals surface area contributed by atoms with Gasteiger partial charge in [0.2, 0.25) is 0 Å². The number of benzene rings is 1. The van der Waals surface area contributed by atoms with Crippen molar-refractivity contribution in [3.63, 3.8) is 0 Å². The number of rotatable bonds is 5. The summed E-state index contributed by atoms with van der Waals surface area (Å²) < 4.78 is 1.08. The van der Waals surface area contributed by atoms with Crippen molar-refractivity contribution in [2.45, 2.75) is 37.6 Å². The van der Waals surface area contributed by atoms with Gasteiger partial charge in [0.15, 0.2) is 0 Å². The van der Waals surface area contributed by atoms with Gasteiger partial charge in [0, 0.05) is 23.0 Å². The molecule has 1 atom stereocenters. The summed E-state index contributed by atoms with van der Waals surface area (Å²) in [7, 11) is 0. The lowest BCUT2D eigenvalue weighted by molar-refractivity contribution is 0.258. The number of aliphatic hydroxyl groups is 1. The highest BCUT2D eigenvalue weighted by atomic mass is 79.9. The summed E-state index contributed by atoms with van der Waals surface area (Å²) in [5, 5.41) is 13.1. The summed E-state index contributed by atoms with van der Waals surface area (Å²) in [6.45, 7) is 1.08. The molecular weight excluding hydrogens is 278 g/mol. The topological polar surface area (TPSA) is 32.3 Å². The molecule has 1 unspecified atom stereocenters. The van der Waals surface area contributed by atoms with E-state index < -0.39 is 0 Å². The highest BCUT2D eigenvalue weighted by molar-refractivity contribution is 9.10. The van der Waals surface area contributed by atoms with Crippen LogP contribution in [0.25, 0.3) is 0 Å². The van der Waals surface area contributed by atoms with Crippen molar-refractivity contribution < 1.29 is 5.11 Å². The van der Waals surface area contributed by atoms with Gasteiger partial charge >= 0.3 is 0 Å². The fraction of sp³-hybridized carbons (Fsp3) is 0.571. The monoisotopic (exact) mass is 297 g/mol. The molecule has 1 aromatic carbocycles. The van der Waals surface area contributed by atoms with Gasteiger partial charge in [-0.15, -0.1) is 0 Å². The molecule has 0 saturated heterocycles. The lowest BCUT2D eigenvalue weighted by Crippen LogP contribution is -2.31. The van der Waals surface area contributed by atoms with Crippen molar-refractivity contribution in [3.8, 4) is 0 Å². The zero-order valence-electron chi connectivity index (χ0n) is 10.0. The van der Waals surface area contributed by atoms with E-state index in [1.807, 2.05) is 12.1 Å². The summed E-state index contributed by atoms with van der Waals surface area (Å²) >= 11 is 3.47. The van der Waals surface area contributed by atoms with E-state index in [-0.39, 0.29) is 12.5 Å². The Balaban J connectivity index is 1.91. The molecule has 1 aromatic rings. The molecule has 1 aliphatic rings. The summed E-state index contributed by atoms with van der Waals surface area (Å²) in [5.41, 5.74) is 1.20. The molecule has 0 radical (unpaired) electrons. The standard InChI is InChI=1S/C14H20BrNO/c15-13-5-3-4-11(8-13)12(10-17)9-16-14-6-1-2-7-14/h3-5,8,12,14,16-17H,1-2,6-7,9-10H2. The normalized spacial score (nSPS) is 18.5. The van der Waals surface area contributed by atoms with Crippen LogP contribution in [0.15, 0.2) is 28.7 Å². The van der Waals surface area contributed by atoms with E-state index in [0.29, 0.717) is 6.04 Å². The summed E-state index contributed by atoms with van der Waals surface area (Å²) in [5.74, 6) is 0.202. The van der Waals surface area contributed by atoms with Gasteiger partial charge < -0.3 is 10.4 Å². The zero-order valence-corrected chi connectivity index (χ0v) is 11.6. The van der Waals surface area contributed by atoms with Crippen LogP contribution in [-0.2, 0) is 0 Å². The van der Waals surface area contributed by atoms with E-state index >= 15 is 0 Å². The average molecular weight is 298 g/mol. The largest absolute Gasteiger partial charge is 0.396 e. The van der Waals surface area contributed by atoms with Gasteiger partial charge in [-0.3, -0.25) is 0 Å². The van der Waals surface area contributed by atoms with E-state index in [1.165, 1.54) is 31.2 Å². The molecule has 2 rings (SSSR count). The van der Waals surface area contributed by atoms with E-state index in [4.69, 9.17) is 0 Å². The van der Waals surface area contributed by atoms with Crippen LogP contribution >= 0.6 is 15.9 Å². The molecule has 3 heteroatoms. The van der Waals surface area contributed by atoms with Crippen LogP contribution < -0.4 is 5.32 Å². The van der Waals surface area contributed by atoms with E-state index in [9.17, 15) is 5.11 Å². The molecule has 1 saturated carbocycles. The molecule has 0 aromatic heterocycles. The SMILES string of the molecule is OCC(CNC1CCCC1)c1cccc(Br)c1. The molecule has 0 spiro atoms. The van der Waals surface area contributed by atoms with Crippen LogP contribution in [0.5, 0.6) is 0 Å². The molecule has 1 aliphatic carbocycles. The van der Waals surface area contributed by atoms with Crippen molar-refractivity contribution in [1.29, 1.82) is 0 Å². The maximum absolute atomic E-state index is 9.49. The minimum absolute atomic E-state index is 0.202. The number of halogens is 1. The summed E-state index contributed by atoms with van der Waals surface area (Å²) in [6, 6.07) is 8.88. The molecule has 2 nitrogen and oxygen atoms in total. The Bertz CT molecular complexity index is 350. The molecule has 0 aliphatic heterocycles. The average Bonchev–Trinajstić information content (AvgIpc) is 2.83. The Morgan fingerprint density at radius 1 is 1.35 bits per heavy atom. The lowest BCUT2D eigenvalue weighted by atomic mass is 9.99. The second-order valence-electron chi connectivity index (χ2n) is 4.82. The molecule has 1 fully saturated rings. The first-order valence-corrected chi connectivity index (χ1v) is 7.18. The van der Waals surface area contributed by atoms with Gasteiger partial charge in [0.25, 0.3) is 0 Å². The van der Waals surface area contributed by atoms with Crippen molar-refractivity contribution in [2.24, 2.45) is 0 Å². The fourth-order valence-corrected chi connectivity index (χ4v) is 2.90. The third-order valence-corrected chi connectivity index (χ3v) is 4.04. The molecule has 17 heavy (non-hydrogen) atoms. The second-order valence-corrected chi connectivity index (χ2v) is 5.74. The second kappa shape index (κ2) is 6.53. The Hall–Kier alpha value is -0.380. The highest BCUT2D eigenvalue weighted by Crippen LogP contribution is 2.21. The molecule has 0 bridgehead atoms. The van der Waals surface area contributed by atoms with Gasteiger partial charge in [0.1, 0.15) is 0 Å². The van der Waals surface area contributed by atoms with Crippen LogP contribution in [0, 0.1) is 0 Å². The summed E-state index contributed by atoms with van der Waals surface area (Å²) in [6.07, 6.45) is 5.27. The number of hydrogen-bond donors (Lipinski definition) is 2. The first-order chi connectivity index (χ1) is 8.29. The highest BCUT2D eigenvalue weighted by Gasteiger charge is 2.17. The minimum atomic E-state index is 0.202. The first kappa shape index (κ1) is 13.1. The molecule has 2 N–H and O–H groups in total. The summed E-state index contributed by atoms with van der Waals surface area (Å²) in [4.78, 5) is 0. The van der Waals surface area contributed by atoms with Gasteiger partial charge in [-0.1, -0.05) is 40.9 Å². The quantitative estimate of drug-likeness (QED) is 0.875. The van der Waals surface area contributed by atoms with Crippen molar-refractivity contribution in [3.05, 3.63) is 34.3 Å². The van der Waals surface area contributed by atoms with Crippen molar-refractivity contribution in [1.82, 2.24) is 5.32 Å². The predicted molar refractivity (Wildman–Crippen MR) is 74.2 cm³/mol. The third kappa shape index (κ3) is 3.80. The van der Waals surface area contributed by atoms with E-state index in [1.54, 1.807) is 0 Å². The fourth-order valence-electron chi connectivity index (χ4n) is 2.49. The Morgan fingerprint density at radius 2 is 2.12 bits per heavy atom. The molecule has 94 valence electrons. The smallest absolute Gasteiger partial charge is 0.0511 e. The maximum atomic E-state index is 9.49. The Kier molecular flexibility index (Phi) is 5.01. The van der Waals surface area contributed by atoms with Gasteiger partial charge in [-0.2, -0.15) is 0 Å². The zero-order chi connectivity index (χ0) is 12.1. The maximum Gasteiger partial charge on any atom is 0.0511 e. The van der Waals surface area contributed by atoms with Gasteiger partial charge in [0.05, 0.1) is 6.61 Å². The van der Waals surface area contributed by atoms with Crippen LogP contribution in [0.2, 0.25) is 0 Å². The Labute approximate surface area is 112 Å². The Morgan fingerprint density at radius 3 is 2.76 bits per heavy atom. The molecule has 0 heterocycles. The lowest BCUT2D eigenvalue weighted by Gasteiger charge is -2.19. The third-order valence-electron chi connectivity index (χ3n) is 3.55. The van der Waals surface area contributed by atoms with Crippen molar-refractivity contribution in [2.75, 3.05) is 13.2 Å². The van der Waals surface area contributed by atoms with E-state index in [0.717, 1.165) is 11.0 Å². The van der Waals surface area contributed by atoms with Crippen LogP contribution in [0.4, 0.5) is 0 Å².